The molecule has 5 nitrogen and oxygen atoms in total. The molecule has 2 N–H and O–H groups in total. The standard InChI is InChI=1S/C14H20N4O/c1-14(2,3)9-6-7-18(8-9)11-5-4-10(15)12-13(11)17-19-16-12/h4-5,9H,6-8,15H2,1-3H3. The molecule has 2 aromatic rings. The molecule has 0 saturated carbocycles. The largest absolute Gasteiger partial charge is 0.397 e. The molecule has 1 aliphatic rings. The van der Waals surface area contributed by atoms with E-state index in [4.69, 9.17) is 10.4 Å². The van der Waals surface area contributed by atoms with E-state index in [1.54, 1.807) is 0 Å². The van der Waals surface area contributed by atoms with Gasteiger partial charge < -0.3 is 10.6 Å². The third-order valence-corrected chi connectivity index (χ3v) is 4.18. The summed E-state index contributed by atoms with van der Waals surface area (Å²) in [6.07, 6.45) is 1.21. The van der Waals surface area contributed by atoms with Crippen LogP contribution in [0.25, 0.3) is 11.0 Å². The Hall–Kier alpha value is -1.78. The quantitative estimate of drug-likeness (QED) is 0.798. The van der Waals surface area contributed by atoms with Gasteiger partial charge in [0.25, 0.3) is 0 Å². The Balaban J connectivity index is 1.94. The highest BCUT2D eigenvalue weighted by Crippen LogP contribution is 2.37. The number of hydrogen-bond acceptors (Lipinski definition) is 5. The van der Waals surface area contributed by atoms with E-state index in [0.29, 0.717) is 22.5 Å². The summed E-state index contributed by atoms with van der Waals surface area (Å²) in [6, 6.07) is 3.90. The molecule has 0 spiro atoms. The van der Waals surface area contributed by atoms with Crippen molar-refractivity contribution in [3.63, 3.8) is 0 Å². The van der Waals surface area contributed by atoms with Crippen LogP contribution in [0.5, 0.6) is 0 Å². The first-order chi connectivity index (χ1) is 8.97. The normalized spacial score (nSPS) is 20.4. The molecule has 1 aromatic heterocycles. The number of hydrogen-bond donors (Lipinski definition) is 1. The Kier molecular flexibility index (Phi) is 2.66. The highest BCUT2D eigenvalue weighted by molar-refractivity contribution is 5.95. The third-order valence-electron chi connectivity index (χ3n) is 4.18. The van der Waals surface area contributed by atoms with Crippen molar-refractivity contribution in [3.8, 4) is 0 Å². The summed E-state index contributed by atoms with van der Waals surface area (Å²) in [5.74, 6) is 0.694. The topological polar surface area (TPSA) is 68.2 Å². The number of aromatic nitrogens is 2. The first kappa shape index (κ1) is 12.3. The van der Waals surface area contributed by atoms with Gasteiger partial charge in [-0.25, -0.2) is 4.63 Å². The van der Waals surface area contributed by atoms with Crippen LogP contribution in [0.4, 0.5) is 11.4 Å². The minimum atomic E-state index is 0.337. The monoisotopic (exact) mass is 260 g/mol. The van der Waals surface area contributed by atoms with Gasteiger partial charge in [-0.15, -0.1) is 0 Å². The highest BCUT2D eigenvalue weighted by Gasteiger charge is 2.32. The second-order valence-electron chi connectivity index (χ2n) is 6.43. The van der Waals surface area contributed by atoms with Crippen LogP contribution in [-0.2, 0) is 0 Å². The Morgan fingerprint density at radius 2 is 2.00 bits per heavy atom. The molecule has 0 radical (unpaired) electrons. The number of benzene rings is 1. The Bertz CT molecular complexity index is 599. The average molecular weight is 260 g/mol. The van der Waals surface area contributed by atoms with E-state index >= 15 is 0 Å². The molecule has 0 aliphatic carbocycles. The first-order valence-electron chi connectivity index (χ1n) is 6.72. The SMILES string of the molecule is CC(C)(C)C1CCN(c2ccc(N)c3nonc23)C1. The fourth-order valence-corrected chi connectivity index (χ4v) is 2.81. The minimum absolute atomic E-state index is 0.337. The van der Waals surface area contributed by atoms with Crippen LogP contribution < -0.4 is 10.6 Å². The summed E-state index contributed by atoms with van der Waals surface area (Å²) in [6.45, 7) is 9.01. The lowest BCUT2D eigenvalue weighted by atomic mass is 9.80. The maximum Gasteiger partial charge on any atom is 0.160 e. The molecule has 102 valence electrons. The molecule has 0 amide bonds. The maximum atomic E-state index is 5.88. The van der Waals surface area contributed by atoms with Crippen LogP contribution in [0, 0.1) is 11.3 Å². The predicted molar refractivity (Wildman–Crippen MR) is 76.0 cm³/mol. The number of fused-ring (bicyclic) bond motifs is 1. The van der Waals surface area contributed by atoms with Gasteiger partial charge in [0.1, 0.15) is 0 Å². The lowest BCUT2D eigenvalue weighted by Gasteiger charge is -2.27. The van der Waals surface area contributed by atoms with Crippen LogP contribution in [-0.4, -0.2) is 23.4 Å². The molecule has 1 fully saturated rings. The van der Waals surface area contributed by atoms with Crippen LogP contribution in [0.1, 0.15) is 27.2 Å². The second kappa shape index (κ2) is 4.11. The molecular weight excluding hydrogens is 240 g/mol. The lowest BCUT2D eigenvalue weighted by molar-refractivity contribution is 0.263. The average Bonchev–Trinajstić information content (AvgIpc) is 2.97. The van der Waals surface area contributed by atoms with Crippen molar-refractivity contribution < 1.29 is 4.63 Å². The van der Waals surface area contributed by atoms with Crippen LogP contribution in [0.3, 0.4) is 0 Å². The Morgan fingerprint density at radius 3 is 2.68 bits per heavy atom. The summed E-state index contributed by atoms with van der Waals surface area (Å²) in [5, 5.41) is 7.88. The summed E-state index contributed by atoms with van der Waals surface area (Å²) < 4.78 is 4.83. The second-order valence-corrected chi connectivity index (χ2v) is 6.43. The molecular formula is C14H20N4O. The molecule has 3 rings (SSSR count). The molecule has 5 heteroatoms. The van der Waals surface area contributed by atoms with Crippen molar-refractivity contribution in [2.45, 2.75) is 27.2 Å². The van der Waals surface area contributed by atoms with Crippen molar-refractivity contribution in [2.24, 2.45) is 11.3 Å². The van der Waals surface area contributed by atoms with E-state index in [1.165, 1.54) is 6.42 Å². The van der Waals surface area contributed by atoms with Gasteiger partial charge in [-0.05, 0) is 40.2 Å². The van der Waals surface area contributed by atoms with E-state index in [-0.39, 0.29) is 0 Å². The Morgan fingerprint density at radius 1 is 1.26 bits per heavy atom. The number of anilines is 2. The molecule has 1 saturated heterocycles. The van der Waals surface area contributed by atoms with Crippen LogP contribution in [0.15, 0.2) is 16.8 Å². The third kappa shape index (κ3) is 2.03. The van der Waals surface area contributed by atoms with Gasteiger partial charge >= 0.3 is 0 Å². The van der Waals surface area contributed by atoms with Crippen molar-refractivity contribution in [1.82, 2.24) is 10.3 Å². The van der Waals surface area contributed by atoms with Gasteiger partial charge in [-0.1, -0.05) is 20.8 Å². The predicted octanol–water partition coefficient (Wildman–Crippen LogP) is 2.68. The molecule has 1 unspecified atom stereocenters. The molecule has 0 bridgehead atoms. The van der Waals surface area contributed by atoms with E-state index in [0.717, 1.165) is 24.3 Å². The van der Waals surface area contributed by atoms with Crippen molar-refractivity contribution in [3.05, 3.63) is 12.1 Å². The summed E-state index contributed by atoms with van der Waals surface area (Å²) in [4.78, 5) is 2.36. The molecule has 2 heterocycles. The van der Waals surface area contributed by atoms with Crippen molar-refractivity contribution >= 4 is 22.4 Å². The van der Waals surface area contributed by atoms with Crippen molar-refractivity contribution in [1.29, 1.82) is 0 Å². The molecule has 19 heavy (non-hydrogen) atoms. The molecule has 1 aromatic carbocycles. The van der Waals surface area contributed by atoms with Gasteiger partial charge in [0, 0.05) is 13.1 Å². The maximum absolute atomic E-state index is 5.88. The zero-order valence-electron chi connectivity index (χ0n) is 11.7. The summed E-state index contributed by atoms with van der Waals surface area (Å²) in [7, 11) is 0. The number of nitrogens with two attached hydrogens (primary N) is 1. The number of rotatable bonds is 1. The number of nitrogens with zero attached hydrogens (tertiary/aromatic N) is 3. The van der Waals surface area contributed by atoms with E-state index in [2.05, 4.69) is 36.0 Å². The van der Waals surface area contributed by atoms with Gasteiger partial charge in [0.05, 0.1) is 11.4 Å². The van der Waals surface area contributed by atoms with Gasteiger partial charge in [0.15, 0.2) is 11.0 Å². The van der Waals surface area contributed by atoms with Gasteiger partial charge in [-0.3, -0.25) is 0 Å². The van der Waals surface area contributed by atoms with Crippen LogP contribution >= 0.6 is 0 Å². The van der Waals surface area contributed by atoms with Crippen LogP contribution in [0.2, 0.25) is 0 Å². The fraction of sp³-hybridized carbons (Fsp3) is 0.571. The lowest BCUT2D eigenvalue weighted by Crippen LogP contribution is -2.25. The summed E-state index contributed by atoms with van der Waals surface area (Å²) >= 11 is 0. The van der Waals surface area contributed by atoms with E-state index in [9.17, 15) is 0 Å². The Labute approximate surface area is 112 Å². The molecule has 1 atom stereocenters. The fourth-order valence-electron chi connectivity index (χ4n) is 2.81. The summed E-state index contributed by atoms with van der Waals surface area (Å²) in [5.41, 5.74) is 9.36. The van der Waals surface area contributed by atoms with Gasteiger partial charge in [-0.2, -0.15) is 0 Å². The van der Waals surface area contributed by atoms with E-state index in [1.807, 2.05) is 12.1 Å². The smallest absolute Gasteiger partial charge is 0.160 e. The minimum Gasteiger partial charge on any atom is -0.397 e. The van der Waals surface area contributed by atoms with Gasteiger partial charge in [0.2, 0.25) is 0 Å². The first-order valence-corrected chi connectivity index (χ1v) is 6.72. The number of nitrogen functional groups attached to an aromatic ring is 1. The van der Waals surface area contributed by atoms with Crippen molar-refractivity contribution in [2.75, 3.05) is 23.7 Å². The zero-order valence-corrected chi connectivity index (χ0v) is 11.7. The highest BCUT2D eigenvalue weighted by atomic mass is 16.6. The zero-order chi connectivity index (χ0) is 13.6. The van der Waals surface area contributed by atoms with E-state index < -0.39 is 0 Å². The molecule has 1 aliphatic heterocycles.